The number of carbonyl (C=O) groups excluding carboxylic acids is 1. The summed E-state index contributed by atoms with van der Waals surface area (Å²) in [5, 5.41) is 9.59. The van der Waals surface area contributed by atoms with Crippen molar-refractivity contribution in [2.24, 2.45) is 11.3 Å². The highest BCUT2D eigenvalue weighted by molar-refractivity contribution is 5.75. The summed E-state index contributed by atoms with van der Waals surface area (Å²) < 4.78 is 10.9. The number of benzene rings is 1. The van der Waals surface area contributed by atoms with Crippen LogP contribution in [0, 0.1) is 22.7 Å². The molecular weight excluding hydrogens is 314 g/mol. The predicted octanol–water partition coefficient (Wildman–Crippen LogP) is 5.27. The number of unbranched alkanes of at least 4 members (excludes halogenated alkanes) is 2. The lowest BCUT2D eigenvalue weighted by atomic mass is 9.69. The van der Waals surface area contributed by atoms with Gasteiger partial charge < -0.3 is 9.47 Å². The zero-order chi connectivity index (χ0) is 18.1. The summed E-state index contributed by atoms with van der Waals surface area (Å²) in [5.41, 5.74) is -0.231. The van der Waals surface area contributed by atoms with Crippen LogP contribution in [0.25, 0.3) is 0 Å². The van der Waals surface area contributed by atoms with Crippen molar-refractivity contribution in [3.05, 3.63) is 24.3 Å². The van der Waals surface area contributed by atoms with Gasteiger partial charge in [-0.3, -0.25) is 4.79 Å². The van der Waals surface area contributed by atoms with E-state index in [2.05, 4.69) is 13.0 Å². The van der Waals surface area contributed by atoms with Crippen LogP contribution in [0.15, 0.2) is 24.3 Å². The van der Waals surface area contributed by atoms with Gasteiger partial charge in [0.25, 0.3) is 0 Å². The first-order valence-electron chi connectivity index (χ1n) is 9.48. The van der Waals surface area contributed by atoms with Gasteiger partial charge in [0.2, 0.25) is 0 Å². The van der Waals surface area contributed by atoms with Crippen LogP contribution in [0.5, 0.6) is 11.5 Å². The van der Waals surface area contributed by atoms with E-state index in [1.165, 1.54) is 12.8 Å². The van der Waals surface area contributed by atoms with Crippen molar-refractivity contribution < 1.29 is 14.3 Å². The van der Waals surface area contributed by atoms with Crippen LogP contribution in [0.2, 0.25) is 0 Å². The van der Waals surface area contributed by atoms with E-state index < -0.39 is 0 Å². The Morgan fingerprint density at radius 2 is 1.80 bits per heavy atom. The zero-order valence-electron chi connectivity index (χ0n) is 15.4. The van der Waals surface area contributed by atoms with E-state index in [9.17, 15) is 10.1 Å². The van der Waals surface area contributed by atoms with Crippen molar-refractivity contribution in [1.82, 2.24) is 0 Å². The largest absolute Gasteiger partial charge is 0.494 e. The van der Waals surface area contributed by atoms with Crippen molar-refractivity contribution >= 4 is 5.97 Å². The molecule has 1 aliphatic carbocycles. The number of nitriles is 1. The van der Waals surface area contributed by atoms with Crippen LogP contribution in [0.4, 0.5) is 0 Å². The van der Waals surface area contributed by atoms with E-state index in [1.807, 2.05) is 6.92 Å². The average Bonchev–Trinajstić information content (AvgIpc) is 2.64. The first-order valence-corrected chi connectivity index (χ1v) is 9.48. The summed E-state index contributed by atoms with van der Waals surface area (Å²) in [4.78, 5) is 12.4. The summed E-state index contributed by atoms with van der Waals surface area (Å²) in [7, 11) is 0. The van der Waals surface area contributed by atoms with Crippen LogP contribution >= 0.6 is 0 Å². The van der Waals surface area contributed by atoms with E-state index in [4.69, 9.17) is 9.47 Å². The molecule has 136 valence electrons. The third-order valence-corrected chi connectivity index (χ3v) is 5.13. The van der Waals surface area contributed by atoms with Crippen LogP contribution in [0.3, 0.4) is 0 Å². The molecule has 0 atom stereocenters. The normalized spacial score (nSPS) is 22.8. The smallest absolute Gasteiger partial charge is 0.314 e. The molecular formula is C21H29NO3. The second kappa shape index (κ2) is 9.46. The Hall–Kier alpha value is -2.02. The van der Waals surface area contributed by atoms with Gasteiger partial charge in [0, 0.05) is 0 Å². The minimum Gasteiger partial charge on any atom is -0.494 e. The predicted molar refractivity (Wildman–Crippen MR) is 97.4 cm³/mol. The third-order valence-electron chi connectivity index (χ3n) is 5.13. The number of hydrogen-bond donors (Lipinski definition) is 0. The molecule has 4 heteroatoms. The number of nitrogens with zero attached hydrogens (tertiary/aromatic N) is 1. The van der Waals surface area contributed by atoms with Gasteiger partial charge in [-0.05, 0) is 63.3 Å². The third kappa shape index (κ3) is 5.49. The highest BCUT2D eigenvalue weighted by Gasteiger charge is 2.37. The number of hydrogen-bond acceptors (Lipinski definition) is 4. The Balaban J connectivity index is 1.85. The Labute approximate surface area is 151 Å². The summed E-state index contributed by atoms with van der Waals surface area (Å²) in [6.45, 7) is 4.72. The minimum atomic E-state index is -0.231. The molecule has 1 fully saturated rings. The SMILES string of the molecule is CCCCC[C@]1(C#N)CC[C@@H](C(=O)Oc2ccc(OCC)cc2)CC1. The molecule has 0 heterocycles. The van der Waals surface area contributed by atoms with Gasteiger partial charge in [-0.1, -0.05) is 26.2 Å². The molecule has 1 aromatic rings. The molecule has 0 amide bonds. The second-order valence-electron chi connectivity index (χ2n) is 6.95. The summed E-state index contributed by atoms with van der Waals surface area (Å²) in [6.07, 6.45) is 7.49. The first-order chi connectivity index (χ1) is 12.1. The Kier molecular flexibility index (Phi) is 7.31. The highest BCUT2D eigenvalue weighted by Crippen LogP contribution is 2.42. The summed E-state index contributed by atoms with van der Waals surface area (Å²) in [5.74, 6) is 1.04. The van der Waals surface area contributed by atoms with Crippen LogP contribution < -0.4 is 9.47 Å². The fraction of sp³-hybridized carbons (Fsp3) is 0.619. The molecule has 0 spiro atoms. The van der Waals surface area contributed by atoms with Gasteiger partial charge in [-0.25, -0.2) is 0 Å². The fourth-order valence-electron chi connectivity index (χ4n) is 3.51. The topological polar surface area (TPSA) is 59.3 Å². The van der Waals surface area contributed by atoms with Gasteiger partial charge in [0.05, 0.1) is 24.0 Å². The van der Waals surface area contributed by atoms with E-state index in [0.29, 0.717) is 12.4 Å². The molecule has 1 saturated carbocycles. The van der Waals surface area contributed by atoms with Crippen LogP contribution in [0.1, 0.15) is 65.2 Å². The van der Waals surface area contributed by atoms with Gasteiger partial charge in [0.15, 0.2) is 0 Å². The molecule has 0 saturated heterocycles. The molecule has 0 aliphatic heterocycles. The maximum Gasteiger partial charge on any atom is 0.314 e. The highest BCUT2D eigenvalue weighted by atomic mass is 16.5. The molecule has 0 bridgehead atoms. The number of carbonyl (C=O) groups is 1. The molecule has 1 aliphatic rings. The fourth-order valence-corrected chi connectivity index (χ4v) is 3.51. The monoisotopic (exact) mass is 343 g/mol. The quantitative estimate of drug-likeness (QED) is 0.366. The molecule has 0 unspecified atom stereocenters. The van der Waals surface area contributed by atoms with E-state index in [1.54, 1.807) is 24.3 Å². The Bertz CT molecular complexity index is 580. The molecule has 1 aromatic carbocycles. The second-order valence-corrected chi connectivity index (χ2v) is 6.95. The maximum absolute atomic E-state index is 12.4. The van der Waals surface area contributed by atoms with Gasteiger partial charge in [0.1, 0.15) is 11.5 Å². The minimum absolute atomic E-state index is 0.0979. The van der Waals surface area contributed by atoms with E-state index in [0.717, 1.165) is 44.3 Å². The average molecular weight is 343 g/mol. The lowest BCUT2D eigenvalue weighted by Crippen LogP contribution is -2.31. The molecule has 25 heavy (non-hydrogen) atoms. The van der Waals surface area contributed by atoms with Crippen molar-refractivity contribution in [2.45, 2.75) is 65.2 Å². The zero-order valence-corrected chi connectivity index (χ0v) is 15.4. The van der Waals surface area contributed by atoms with Crippen LogP contribution in [-0.2, 0) is 4.79 Å². The van der Waals surface area contributed by atoms with Crippen molar-refractivity contribution in [3.8, 4) is 17.6 Å². The summed E-state index contributed by atoms with van der Waals surface area (Å²) >= 11 is 0. The van der Waals surface area contributed by atoms with Crippen molar-refractivity contribution in [1.29, 1.82) is 5.26 Å². The van der Waals surface area contributed by atoms with Gasteiger partial charge in [-0.2, -0.15) is 5.26 Å². The number of ether oxygens (including phenoxy) is 2. The number of rotatable bonds is 8. The molecule has 0 N–H and O–H groups in total. The van der Waals surface area contributed by atoms with Crippen LogP contribution in [-0.4, -0.2) is 12.6 Å². The lowest BCUT2D eigenvalue weighted by Gasteiger charge is -2.34. The molecule has 0 radical (unpaired) electrons. The van der Waals surface area contributed by atoms with E-state index in [-0.39, 0.29) is 17.3 Å². The summed E-state index contributed by atoms with van der Waals surface area (Å²) in [6, 6.07) is 9.67. The molecule has 2 rings (SSSR count). The van der Waals surface area contributed by atoms with E-state index >= 15 is 0 Å². The van der Waals surface area contributed by atoms with Gasteiger partial charge in [-0.15, -0.1) is 0 Å². The Morgan fingerprint density at radius 1 is 1.16 bits per heavy atom. The molecule has 0 aromatic heterocycles. The molecule has 4 nitrogen and oxygen atoms in total. The standard InChI is InChI=1S/C21H29NO3/c1-3-5-6-13-21(16-22)14-11-17(12-15-21)20(23)25-19-9-7-18(8-10-19)24-4-2/h7-10,17H,3-6,11-15H2,1-2H3/t17-,21+. The Morgan fingerprint density at radius 3 is 2.36 bits per heavy atom. The number of esters is 1. The van der Waals surface area contributed by atoms with Crippen molar-refractivity contribution in [2.75, 3.05) is 6.61 Å². The lowest BCUT2D eigenvalue weighted by molar-refractivity contribution is -0.140. The maximum atomic E-state index is 12.4. The van der Waals surface area contributed by atoms with Crippen molar-refractivity contribution in [3.63, 3.8) is 0 Å². The first kappa shape index (κ1) is 19.3. The van der Waals surface area contributed by atoms with Gasteiger partial charge >= 0.3 is 5.97 Å².